The number of nitrogens with zero attached hydrogens (tertiary/aromatic N) is 3. The largest absolute Gasteiger partial charge is 0.476 e. The van der Waals surface area contributed by atoms with Gasteiger partial charge in [-0.05, 0) is 31.7 Å². The van der Waals surface area contributed by atoms with Gasteiger partial charge in [-0.25, -0.2) is 0 Å². The molecule has 1 aromatic heterocycles. The zero-order valence-electron chi connectivity index (χ0n) is 12.1. The lowest BCUT2D eigenvalue weighted by Crippen LogP contribution is -2.39. The number of hydrogen-bond acceptors (Lipinski definition) is 6. The summed E-state index contributed by atoms with van der Waals surface area (Å²) in [4.78, 5) is 16.8. The molecule has 0 N–H and O–H groups in total. The van der Waals surface area contributed by atoms with Crippen molar-refractivity contribution in [3.8, 4) is 5.88 Å². The maximum atomic E-state index is 10.9. The van der Waals surface area contributed by atoms with E-state index in [1.165, 1.54) is 19.6 Å². The summed E-state index contributed by atoms with van der Waals surface area (Å²) < 4.78 is 11.0. The molecule has 7 heteroatoms. The molecular weight excluding hydrogens is 274 g/mol. The first-order valence-corrected chi connectivity index (χ1v) is 7.22. The third kappa shape index (κ3) is 2.65. The number of methoxy groups -OCH3 is 1. The lowest BCUT2D eigenvalue weighted by molar-refractivity contribution is -0.386. The van der Waals surface area contributed by atoms with Gasteiger partial charge in [0.1, 0.15) is 5.82 Å². The number of nitro groups is 1. The maximum Gasteiger partial charge on any atom is 0.331 e. The van der Waals surface area contributed by atoms with Gasteiger partial charge in [0.2, 0.25) is 0 Å². The molecule has 114 valence electrons. The van der Waals surface area contributed by atoms with Gasteiger partial charge in [0.05, 0.1) is 17.6 Å². The van der Waals surface area contributed by atoms with E-state index < -0.39 is 4.92 Å². The van der Waals surface area contributed by atoms with Crippen molar-refractivity contribution in [2.45, 2.75) is 31.3 Å². The molecule has 0 amide bonds. The van der Waals surface area contributed by atoms with Crippen LogP contribution in [-0.2, 0) is 4.74 Å². The van der Waals surface area contributed by atoms with Crippen molar-refractivity contribution in [2.24, 2.45) is 0 Å². The van der Waals surface area contributed by atoms with Gasteiger partial charge in [-0.15, -0.1) is 0 Å². The van der Waals surface area contributed by atoms with Gasteiger partial charge in [0.15, 0.2) is 0 Å². The number of aromatic nitrogens is 1. The van der Waals surface area contributed by atoms with Gasteiger partial charge in [-0.2, -0.15) is 4.98 Å². The molecule has 21 heavy (non-hydrogen) atoms. The zero-order chi connectivity index (χ0) is 14.9. The van der Waals surface area contributed by atoms with Crippen LogP contribution in [-0.4, -0.2) is 42.3 Å². The van der Waals surface area contributed by atoms with E-state index in [2.05, 4.69) is 9.88 Å². The highest BCUT2D eigenvalue weighted by molar-refractivity contribution is 5.51. The van der Waals surface area contributed by atoms with Crippen molar-refractivity contribution >= 4 is 11.5 Å². The minimum atomic E-state index is -0.481. The molecule has 0 bridgehead atoms. The molecule has 1 unspecified atom stereocenters. The van der Waals surface area contributed by atoms with Gasteiger partial charge in [-0.1, -0.05) is 0 Å². The molecule has 2 aliphatic heterocycles. The second-order valence-corrected chi connectivity index (χ2v) is 5.62. The fourth-order valence-corrected chi connectivity index (χ4v) is 3.16. The Morgan fingerprint density at radius 2 is 2.29 bits per heavy atom. The molecule has 1 aromatic rings. The molecule has 0 aliphatic carbocycles. The highest BCUT2D eigenvalue weighted by atomic mass is 16.6. The average Bonchev–Trinajstić information content (AvgIpc) is 2.91. The Labute approximate surface area is 123 Å². The molecule has 7 nitrogen and oxygen atoms in total. The summed E-state index contributed by atoms with van der Waals surface area (Å²) in [7, 11) is 1.40. The smallest absolute Gasteiger partial charge is 0.331 e. The first-order chi connectivity index (χ1) is 10.1. The van der Waals surface area contributed by atoms with E-state index >= 15 is 0 Å². The van der Waals surface area contributed by atoms with Gasteiger partial charge in [0, 0.05) is 25.8 Å². The SMILES string of the molecule is COc1nc(N2CCC3(CCCCO3)C2)ccc1[N+](=O)[O-]. The predicted molar refractivity (Wildman–Crippen MR) is 76.8 cm³/mol. The standard InChI is InChI=1S/C14H19N3O4/c1-20-13-11(17(18)19)4-5-12(15-13)16-8-7-14(10-16)6-2-3-9-21-14/h4-5H,2-3,6-10H2,1H3. The lowest BCUT2D eigenvalue weighted by atomic mass is 9.93. The van der Waals surface area contributed by atoms with Crippen LogP contribution in [0.1, 0.15) is 25.7 Å². The molecule has 1 atom stereocenters. The van der Waals surface area contributed by atoms with E-state index in [1.807, 2.05) is 0 Å². The summed E-state index contributed by atoms with van der Waals surface area (Å²) >= 11 is 0. The molecule has 0 radical (unpaired) electrons. The fourth-order valence-electron chi connectivity index (χ4n) is 3.16. The second-order valence-electron chi connectivity index (χ2n) is 5.62. The van der Waals surface area contributed by atoms with Crippen LogP contribution in [0.4, 0.5) is 11.5 Å². The van der Waals surface area contributed by atoms with Crippen LogP contribution in [0, 0.1) is 10.1 Å². The highest BCUT2D eigenvalue weighted by Crippen LogP contribution is 2.37. The second kappa shape index (κ2) is 5.48. The van der Waals surface area contributed by atoms with Gasteiger partial charge < -0.3 is 14.4 Å². The Kier molecular flexibility index (Phi) is 3.67. The number of rotatable bonds is 3. The number of anilines is 1. The van der Waals surface area contributed by atoms with Crippen molar-refractivity contribution in [1.82, 2.24) is 4.98 Å². The van der Waals surface area contributed by atoms with Crippen LogP contribution in [0.2, 0.25) is 0 Å². The van der Waals surface area contributed by atoms with Gasteiger partial charge >= 0.3 is 5.69 Å². The average molecular weight is 293 g/mol. The molecular formula is C14H19N3O4. The van der Waals surface area contributed by atoms with Gasteiger partial charge in [0.25, 0.3) is 5.88 Å². The Bertz CT molecular complexity index is 543. The van der Waals surface area contributed by atoms with Crippen LogP contribution in [0.3, 0.4) is 0 Å². The first-order valence-electron chi connectivity index (χ1n) is 7.22. The minimum absolute atomic E-state index is 0.0583. The maximum absolute atomic E-state index is 10.9. The Hall–Kier alpha value is -1.89. The van der Waals surface area contributed by atoms with Crippen LogP contribution in [0.15, 0.2) is 12.1 Å². The summed E-state index contributed by atoms with van der Waals surface area (Å²) in [5, 5.41) is 10.9. The quantitative estimate of drug-likeness (QED) is 0.627. The van der Waals surface area contributed by atoms with E-state index in [4.69, 9.17) is 9.47 Å². The van der Waals surface area contributed by atoms with Crippen molar-refractivity contribution in [1.29, 1.82) is 0 Å². The Morgan fingerprint density at radius 1 is 1.43 bits per heavy atom. The van der Waals surface area contributed by atoms with Crippen molar-refractivity contribution in [3.63, 3.8) is 0 Å². The molecule has 2 saturated heterocycles. The summed E-state index contributed by atoms with van der Waals surface area (Å²) in [6.45, 7) is 2.47. The van der Waals surface area contributed by atoms with E-state index in [1.54, 1.807) is 6.07 Å². The van der Waals surface area contributed by atoms with E-state index in [0.29, 0.717) is 5.82 Å². The van der Waals surface area contributed by atoms with Crippen LogP contribution in [0.25, 0.3) is 0 Å². The topological polar surface area (TPSA) is 77.7 Å². The van der Waals surface area contributed by atoms with Gasteiger partial charge in [-0.3, -0.25) is 10.1 Å². The van der Waals surface area contributed by atoms with Crippen molar-refractivity contribution < 1.29 is 14.4 Å². The van der Waals surface area contributed by atoms with Crippen LogP contribution in [0.5, 0.6) is 5.88 Å². The van der Waals surface area contributed by atoms with E-state index in [0.717, 1.165) is 39.0 Å². The monoisotopic (exact) mass is 293 g/mol. The molecule has 0 saturated carbocycles. The molecule has 0 aromatic carbocycles. The zero-order valence-corrected chi connectivity index (χ0v) is 12.1. The molecule has 1 spiro atoms. The number of ether oxygens (including phenoxy) is 2. The molecule has 2 fully saturated rings. The predicted octanol–water partition coefficient (Wildman–Crippen LogP) is 2.15. The summed E-state index contributed by atoms with van der Waals surface area (Å²) in [5.74, 6) is 0.770. The number of hydrogen-bond donors (Lipinski definition) is 0. The summed E-state index contributed by atoms with van der Waals surface area (Å²) in [6.07, 6.45) is 4.39. The van der Waals surface area contributed by atoms with E-state index in [-0.39, 0.29) is 17.2 Å². The summed E-state index contributed by atoms with van der Waals surface area (Å²) in [6, 6.07) is 3.14. The van der Waals surface area contributed by atoms with Crippen LogP contribution >= 0.6 is 0 Å². The highest BCUT2D eigenvalue weighted by Gasteiger charge is 2.41. The fraction of sp³-hybridized carbons (Fsp3) is 0.643. The number of pyridine rings is 1. The molecule has 3 heterocycles. The molecule has 2 aliphatic rings. The normalized spacial score (nSPS) is 25.3. The minimum Gasteiger partial charge on any atom is -0.476 e. The third-order valence-electron chi connectivity index (χ3n) is 4.29. The van der Waals surface area contributed by atoms with Crippen molar-refractivity contribution in [3.05, 3.63) is 22.2 Å². The van der Waals surface area contributed by atoms with E-state index in [9.17, 15) is 10.1 Å². The Morgan fingerprint density at radius 3 is 2.95 bits per heavy atom. The first kappa shape index (κ1) is 14.1. The third-order valence-corrected chi connectivity index (χ3v) is 4.29. The van der Waals surface area contributed by atoms with Crippen LogP contribution < -0.4 is 9.64 Å². The Balaban J connectivity index is 1.80. The lowest BCUT2D eigenvalue weighted by Gasteiger charge is -2.33. The summed E-state index contributed by atoms with van der Waals surface area (Å²) in [5.41, 5.74) is -0.168. The molecule has 3 rings (SSSR count). The van der Waals surface area contributed by atoms with Crippen molar-refractivity contribution in [2.75, 3.05) is 31.7 Å².